The third-order valence-electron chi connectivity index (χ3n) is 3.64. The number of para-hydroxylation sites is 1. The van der Waals surface area contributed by atoms with Gasteiger partial charge in [-0.25, -0.2) is 0 Å². The van der Waals surface area contributed by atoms with Crippen molar-refractivity contribution in [2.24, 2.45) is 10.2 Å². The van der Waals surface area contributed by atoms with E-state index in [-0.39, 0.29) is 17.5 Å². The molecule has 1 saturated heterocycles. The Labute approximate surface area is 160 Å². The molecule has 27 heavy (non-hydrogen) atoms. The van der Waals surface area contributed by atoms with Crippen molar-refractivity contribution in [3.8, 4) is 5.75 Å². The van der Waals surface area contributed by atoms with Crippen molar-refractivity contribution in [2.45, 2.75) is 18.3 Å². The Bertz CT molecular complexity index is 884. The van der Waals surface area contributed by atoms with Crippen LogP contribution in [-0.4, -0.2) is 33.6 Å². The first-order valence-electron chi connectivity index (χ1n) is 8.18. The maximum atomic E-state index is 11.7. The number of benzene rings is 2. The zero-order valence-electron chi connectivity index (χ0n) is 14.2. The number of rotatable bonds is 7. The molecule has 8 heteroatoms. The van der Waals surface area contributed by atoms with Crippen LogP contribution in [0.3, 0.4) is 0 Å². The minimum absolute atomic E-state index is 0.255. The fourth-order valence-electron chi connectivity index (χ4n) is 2.34. The number of carboxylic acids is 1. The minimum Gasteiger partial charge on any atom is -0.488 e. The van der Waals surface area contributed by atoms with Crippen LogP contribution in [0.1, 0.15) is 17.5 Å². The van der Waals surface area contributed by atoms with E-state index in [4.69, 9.17) is 9.84 Å². The third kappa shape index (κ3) is 5.42. The van der Waals surface area contributed by atoms with Crippen LogP contribution >= 0.6 is 11.8 Å². The summed E-state index contributed by atoms with van der Waals surface area (Å²) in [6.07, 6.45) is 1.28. The van der Waals surface area contributed by atoms with E-state index in [2.05, 4.69) is 15.5 Å². The second-order valence-electron chi connectivity index (χ2n) is 5.66. The van der Waals surface area contributed by atoms with Crippen molar-refractivity contribution in [1.82, 2.24) is 5.32 Å². The molecule has 7 nitrogen and oxygen atoms in total. The highest BCUT2D eigenvalue weighted by Gasteiger charge is 2.32. The highest BCUT2D eigenvalue weighted by atomic mass is 32.2. The smallest absolute Gasteiger partial charge is 0.305 e. The van der Waals surface area contributed by atoms with Crippen LogP contribution in [0.25, 0.3) is 0 Å². The number of amidine groups is 1. The van der Waals surface area contributed by atoms with Crippen LogP contribution in [0.4, 0.5) is 0 Å². The van der Waals surface area contributed by atoms with E-state index >= 15 is 0 Å². The second kappa shape index (κ2) is 9.00. The molecule has 0 radical (unpaired) electrons. The molecule has 1 aliphatic heterocycles. The number of hydrogen-bond donors (Lipinski definition) is 2. The van der Waals surface area contributed by atoms with Gasteiger partial charge in [0.15, 0.2) is 5.17 Å². The maximum absolute atomic E-state index is 11.7. The lowest BCUT2D eigenvalue weighted by atomic mass is 10.2. The number of nitrogens with zero attached hydrogens (tertiary/aromatic N) is 2. The summed E-state index contributed by atoms with van der Waals surface area (Å²) < 4.78 is 5.84. The predicted molar refractivity (Wildman–Crippen MR) is 104 cm³/mol. The molecule has 138 valence electrons. The molecule has 0 aromatic heterocycles. The minimum atomic E-state index is -1.03. The number of thioether (sulfide) groups is 1. The van der Waals surface area contributed by atoms with E-state index in [9.17, 15) is 9.59 Å². The number of ether oxygens (including phenoxy) is 1. The summed E-state index contributed by atoms with van der Waals surface area (Å²) in [6, 6.07) is 17.2. The van der Waals surface area contributed by atoms with Gasteiger partial charge in [-0.1, -0.05) is 54.2 Å². The second-order valence-corrected chi connectivity index (χ2v) is 6.85. The van der Waals surface area contributed by atoms with Gasteiger partial charge in [0, 0.05) is 5.56 Å². The van der Waals surface area contributed by atoms with E-state index in [0.717, 1.165) is 22.9 Å². The summed E-state index contributed by atoms with van der Waals surface area (Å²) in [5, 5.41) is 18.9. The van der Waals surface area contributed by atoms with Gasteiger partial charge in [-0.2, -0.15) is 5.10 Å². The molecular weight excluding hydrogens is 366 g/mol. The van der Waals surface area contributed by atoms with Crippen LogP contribution < -0.4 is 10.1 Å². The Morgan fingerprint density at radius 3 is 2.70 bits per heavy atom. The van der Waals surface area contributed by atoms with Gasteiger partial charge in [-0.3, -0.25) is 9.59 Å². The standard InChI is InChI=1S/C19H17N3O4S/c23-17(24)10-16-18(25)21-19(27-16)22-20-11-14-8-4-5-9-15(14)26-12-13-6-2-1-3-7-13/h1-9,11,16H,10,12H2,(H,23,24)(H,21,22,25)/b20-11-/t16-/m0/s1. The van der Waals surface area contributed by atoms with Crippen LogP contribution in [-0.2, 0) is 16.2 Å². The molecule has 0 unspecified atom stereocenters. The average molecular weight is 383 g/mol. The Hall–Kier alpha value is -3.13. The zero-order chi connectivity index (χ0) is 19.1. The number of hydrogen-bond acceptors (Lipinski definition) is 6. The van der Waals surface area contributed by atoms with Crippen LogP contribution in [0.2, 0.25) is 0 Å². The first kappa shape index (κ1) is 18.7. The van der Waals surface area contributed by atoms with Crippen LogP contribution in [0.5, 0.6) is 5.75 Å². The van der Waals surface area contributed by atoms with Gasteiger partial charge in [0.2, 0.25) is 5.91 Å². The number of carboxylic acid groups (broad SMARTS) is 1. The molecule has 2 N–H and O–H groups in total. The number of aliphatic carboxylic acids is 1. The van der Waals surface area contributed by atoms with Gasteiger partial charge in [-0.15, -0.1) is 5.10 Å². The molecule has 3 rings (SSSR count). The normalized spacial score (nSPS) is 18.0. The van der Waals surface area contributed by atoms with Crippen molar-refractivity contribution < 1.29 is 19.4 Å². The van der Waals surface area contributed by atoms with Crippen molar-refractivity contribution >= 4 is 35.0 Å². The Morgan fingerprint density at radius 1 is 1.19 bits per heavy atom. The van der Waals surface area contributed by atoms with Crippen LogP contribution in [0, 0.1) is 0 Å². The summed E-state index contributed by atoms with van der Waals surface area (Å²) in [4.78, 5) is 22.4. The topological polar surface area (TPSA) is 100 Å². The first-order chi connectivity index (χ1) is 13.1. The maximum Gasteiger partial charge on any atom is 0.305 e. The fourth-order valence-corrected chi connectivity index (χ4v) is 3.26. The third-order valence-corrected chi connectivity index (χ3v) is 4.71. The number of nitrogens with one attached hydrogen (secondary N) is 1. The van der Waals surface area contributed by atoms with Crippen molar-refractivity contribution in [3.63, 3.8) is 0 Å². The molecule has 1 aliphatic rings. The van der Waals surface area contributed by atoms with Crippen LogP contribution in [0.15, 0.2) is 64.8 Å². The summed E-state index contributed by atoms with van der Waals surface area (Å²) in [5.74, 6) is -0.739. The molecule has 0 bridgehead atoms. The van der Waals surface area contributed by atoms with Crippen molar-refractivity contribution in [3.05, 3.63) is 65.7 Å². The van der Waals surface area contributed by atoms with Gasteiger partial charge >= 0.3 is 5.97 Å². The molecular formula is C19H17N3O4S. The largest absolute Gasteiger partial charge is 0.488 e. The van der Waals surface area contributed by atoms with Crippen molar-refractivity contribution in [1.29, 1.82) is 0 Å². The summed E-state index contributed by atoms with van der Waals surface area (Å²) >= 11 is 1.06. The number of carbonyl (C=O) groups is 2. The van der Waals surface area contributed by atoms with Crippen molar-refractivity contribution in [2.75, 3.05) is 0 Å². The van der Waals surface area contributed by atoms with E-state index in [0.29, 0.717) is 12.4 Å². The summed E-state index contributed by atoms with van der Waals surface area (Å²) in [6.45, 7) is 0.434. The molecule has 0 aliphatic carbocycles. The monoisotopic (exact) mass is 383 g/mol. The SMILES string of the molecule is O=C(O)C[C@@H]1S/C(=N/N=C\c2ccccc2OCc2ccccc2)NC1=O. The molecule has 1 atom stereocenters. The Balaban J connectivity index is 1.64. The molecule has 0 spiro atoms. The first-order valence-corrected chi connectivity index (χ1v) is 9.06. The Morgan fingerprint density at radius 2 is 1.93 bits per heavy atom. The van der Waals surface area contributed by atoms with Gasteiger partial charge in [0.05, 0.1) is 12.6 Å². The predicted octanol–water partition coefficient (Wildman–Crippen LogP) is 2.66. The molecule has 1 fully saturated rings. The van der Waals surface area contributed by atoms with Gasteiger partial charge in [-0.05, 0) is 17.7 Å². The van der Waals surface area contributed by atoms with Gasteiger partial charge < -0.3 is 15.2 Å². The lowest BCUT2D eigenvalue weighted by Crippen LogP contribution is -2.26. The lowest BCUT2D eigenvalue weighted by Gasteiger charge is -2.08. The fraction of sp³-hybridized carbons (Fsp3) is 0.158. The quantitative estimate of drug-likeness (QED) is 0.566. The molecule has 1 heterocycles. The van der Waals surface area contributed by atoms with E-state index in [1.54, 1.807) is 0 Å². The number of carbonyl (C=O) groups excluding carboxylic acids is 1. The molecule has 1 amide bonds. The zero-order valence-corrected chi connectivity index (χ0v) is 15.1. The van der Waals surface area contributed by atoms with Gasteiger partial charge in [0.25, 0.3) is 0 Å². The molecule has 2 aromatic rings. The number of amides is 1. The highest BCUT2D eigenvalue weighted by Crippen LogP contribution is 2.22. The van der Waals surface area contributed by atoms with E-state index < -0.39 is 11.2 Å². The summed E-state index contributed by atoms with van der Waals surface area (Å²) in [5.41, 5.74) is 1.80. The lowest BCUT2D eigenvalue weighted by molar-refractivity contribution is -0.138. The van der Waals surface area contributed by atoms with E-state index in [1.807, 2.05) is 54.6 Å². The van der Waals surface area contributed by atoms with Gasteiger partial charge in [0.1, 0.15) is 17.6 Å². The van der Waals surface area contributed by atoms with E-state index in [1.165, 1.54) is 6.21 Å². The molecule has 2 aromatic carbocycles. The highest BCUT2D eigenvalue weighted by molar-refractivity contribution is 8.15. The Kier molecular flexibility index (Phi) is 6.22. The average Bonchev–Trinajstić information content (AvgIpc) is 3.00. The molecule has 0 saturated carbocycles. The summed E-state index contributed by atoms with van der Waals surface area (Å²) in [7, 11) is 0.